The van der Waals surface area contributed by atoms with Gasteiger partial charge in [-0.25, -0.2) is 9.97 Å². The van der Waals surface area contributed by atoms with Crippen LogP contribution in [0.5, 0.6) is 0 Å². The van der Waals surface area contributed by atoms with Crippen molar-refractivity contribution < 1.29 is 4.42 Å². The van der Waals surface area contributed by atoms with Crippen LogP contribution >= 0.6 is 11.8 Å². The molecule has 39 heavy (non-hydrogen) atoms. The first-order chi connectivity index (χ1) is 19.1. The molecule has 3 heterocycles. The van der Waals surface area contributed by atoms with E-state index in [4.69, 9.17) is 14.4 Å². The van der Waals surface area contributed by atoms with E-state index in [-0.39, 0.29) is 5.41 Å². The zero-order valence-electron chi connectivity index (χ0n) is 21.6. The number of para-hydroxylation sites is 2. The van der Waals surface area contributed by atoms with Gasteiger partial charge in [0.2, 0.25) is 0 Å². The van der Waals surface area contributed by atoms with Crippen molar-refractivity contribution in [2.75, 3.05) is 0 Å². The highest BCUT2D eigenvalue weighted by Gasteiger charge is 2.34. The molecule has 0 N–H and O–H groups in total. The Labute approximate surface area is 230 Å². The Morgan fingerprint density at radius 3 is 2.31 bits per heavy atom. The zero-order valence-corrected chi connectivity index (χ0v) is 22.4. The maximum Gasteiger partial charge on any atom is 0.161 e. The molecule has 0 bridgehead atoms. The lowest BCUT2D eigenvalue weighted by Crippen LogP contribution is -2.24. The minimum absolute atomic E-state index is 0.112. The summed E-state index contributed by atoms with van der Waals surface area (Å²) >= 11 is 1.82. The average Bonchev–Trinajstić information content (AvgIpc) is 3.34. The maximum absolute atomic E-state index is 6.23. The van der Waals surface area contributed by atoms with Gasteiger partial charge in [-0.2, -0.15) is 0 Å². The quantitative estimate of drug-likeness (QED) is 0.227. The fraction of sp³-hybridized carbons (Fsp3) is 0.0857. The molecule has 0 spiro atoms. The minimum atomic E-state index is -0.112. The molecule has 0 atom stereocenters. The number of nitrogens with zero attached hydrogens (tertiary/aromatic N) is 2. The molecular formula is C35H24N2OS. The van der Waals surface area contributed by atoms with E-state index in [1.165, 1.54) is 20.9 Å². The fourth-order valence-corrected chi connectivity index (χ4v) is 7.43. The standard InChI is InChI=1S/C35H24N2OS/c1-35(2)26-13-5-8-17-31(26)39-33-25(12-9-14-27(33)35)34-36-28-15-6-3-11-24(28)32(37-34)21-18-19-23-22-10-4-7-16-29(22)38-30(23)20-21/h3-20H,1-2H3. The van der Waals surface area contributed by atoms with Gasteiger partial charge in [-0.15, -0.1) is 0 Å². The SMILES string of the molecule is CC1(C)c2ccccc2Sc2c(-c3nc(-c4ccc5c(c4)oc4ccccc45)c4ccccc4n3)cccc21. The molecule has 5 aromatic carbocycles. The maximum atomic E-state index is 6.23. The third kappa shape index (κ3) is 3.38. The second-order valence-electron chi connectivity index (χ2n) is 10.6. The van der Waals surface area contributed by atoms with Gasteiger partial charge < -0.3 is 4.42 Å². The van der Waals surface area contributed by atoms with Crippen LogP contribution in [0.25, 0.3) is 55.5 Å². The third-order valence-electron chi connectivity index (χ3n) is 7.96. The molecule has 2 aromatic heterocycles. The molecule has 186 valence electrons. The predicted molar refractivity (Wildman–Crippen MR) is 160 cm³/mol. The van der Waals surface area contributed by atoms with Gasteiger partial charge >= 0.3 is 0 Å². The van der Waals surface area contributed by atoms with Gasteiger partial charge in [0.05, 0.1) is 11.2 Å². The number of rotatable bonds is 2. The van der Waals surface area contributed by atoms with Gasteiger partial charge in [0.1, 0.15) is 11.2 Å². The number of furan rings is 1. The van der Waals surface area contributed by atoms with E-state index < -0.39 is 0 Å². The van der Waals surface area contributed by atoms with Crippen LogP contribution in [0.1, 0.15) is 25.0 Å². The highest BCUT2D eigenvalue weighted by atomic mass is 32.2. The Morgan fingerprint density at radius 2 is 1.38 bits per heavy atom. The summed E-state index contributed by atoms with van der Waals surface area (Å²) in [4.78, 5) is 12.9. The van der Waals surface area contributed by atoms with Crippen molar-refractivity contribution in [3.05, 3.63) is 120 Å². The Hall–Kier alpha value is -4.41. The van der Waals surface area contributed by atoms with Crippen molar-refractivity contribution in [2.45, 2.75) is 29.1 Å². The first kappa shape index (κ1) is 22.6. The van der Waals surface area contributed by atoms with Crippen LogP contribution in [-0.2, 0) is 5.41 Å². The summed E-state index contributed by atoms with van der Waals surface area (Å²) < 4.78 is 6.23. The van der Waals surface area contributed by atoms with E-state index in [9.17, 15) is 0 Å². The van der Waals surface area contributed by atoms with Crippen LogP contribution in [0.4, 0.5) is 0 Å². The average molecular weight is 521 g/mol. The molecular weight excluding hydrogens is 496 g/mol. The molecule has 0 saturated heterocycles. The highest BCUT2D eigenvalue weighted by molar-refractivity contribution is 7.99. The van der Waals surface area contributed by atoms with Crippen molar-refractivity contribution >= 4 is 44.6 Å². The van der Waals surface area contributed by atoms with Gasteiger partial charge in [0.25, 0.3) is 0 Å². The predicted octanol–water partition coefficient (Wildman–Crippen LogP) is 9.65. The molecule has 8 rings (SSSR count). The largest absolute Gasteiger partial charge is 0.456 e. The molecule has 0 aliphatic carbocycles. The van der Waals surface area contributed by atoms with Gasteiger partial charge in [-0.3, -0.25) is 0 Å². The first-order valence-electron chi connectivity index (χ1n) is 13.2. The third-order valence-corrected chi connectivity index (χ3v) is 9.18. The molecule has 0 unspecified atom stereocenters. The lowest BCUT2D eigenvalue weighted by Gasteiger charge is -2.35. The van der Waals surface area contributed by atoms with Crippen LogP contribution in [0.2, 0.25) is 0 Å². The molecule has 0 amide bonds. The summed E-state index contributed by atoms with van der Waals surface area (Å²) in [6.45, 7) is 4.62. The van der Waals surface area contributed by atoms with Crippen LogP contribution in [0.3, 0.4) is 0 Å². The second-order valence-corrected chi connectivity index (χ2v) is 11.7. The van der Waals surface area contributed by atoms with Crippen LogP contribution in [0, 0.1) is 0 Å². The van der Waals surface area contributed by atoms with E-state index in [1.54, 1.807) is 0 Å². The molecule has 3 nitrogen and oxygen atoms in total. The molecule has 1 aliphatic heterocycles. The van der Waals surface area contributed by atoms with E-state index in [2.05, 4.69) is 92.7 Å². The van der Waals surface area contributed by atoms with Crippen molar-refractivity contribution in [2.24, 2.45) is 0 Å². The molecule has 4 heteroatoms. The summed E-state index contributed by atoms with van der Waals surface area (Å²) in [6, 6.07) is 38.1. The van der Waals surface area contributed by atoms with Gasteiger partial charge in [-0.05, 0) is 41.5 Å². The van der Waals surface area contributed by atoms with E-state index in [1.807, 2.05) is 42.1 Å². The topological polar surface area (TPSA) is 38.9 Å². The Bertz CT molecular complexity index is 2090. The number of hydrogen-bond donors (Lipinski definition) is 0. The zero-order chi connectivity index (χ0) is 26.1. The van der Waals surface area contributed by atoms with Crippen molar-refractivity contribution in [1.29, 1.82) is 0 Å². The van der Waals surface area contributed by atoms with Gasteiger partial charge in [-0.1, -0.05) is 104 Å². The van der Waals surface area contributed by atoms with Crippen LogP contribution in [0.15, 0.2) is 123 Å². The Morgan fingerprint density at radius 1 is 0.641 bits per heavy atom. The molecule has 7 aromatic rings. The monoisotopic (exact) mass is 520 g/mol. The first-order valence-corrected chi connectivity index (χ1v) is 14.0. The smallest absolute Gasteiger partial charge is 0.161 e. The lowest BCUT2D eigenvalue weighted by molar-refractivity contribution is 0.608. The number of benzene rings is 5. The number of fused-ring (bicyclic) bond motifs is 6. The summed E-state index contributed by atoms with van der Waals surface area (Å²) in [7, 11) is 0. The molecule has 1 aliphatic rings. The summed E-state index contributed by atoms with van der Waals surface area (Å²) in [5, 5.41) is 3.27. The van der Waals surface area contributed by atoms with Crippen LogP contribution < -0.4 is 0 Å². The number of aromatic nitrogens is 2. The van der Waals surface area contributed by atoms with Crippen molar-refractivity contribution in [3.63, 3.8) is 0 Å². The van der Waals surface area contributed by atoms with E-state index in [0.717, 1.165) is 55.5 Å². The van der Waals surface area contributed by atoms with Crippen LogP contribution in [-0.4, -0.2) is 9.97 Å². The summed E-state index contributed by atoms with van der Waals surface area (Å²) in [5.74, 6) is 0.743. The lowest BCUT2D eigenvalue weighted by atomic mass is 9.77. The fourth-order valence-electron chi connectivity index (χ4n) is 5.93. The van der Waals surface area contributed by atoms with E-state index >= 15 is 0 Å². The van der Waals surface area contributed by atoms with E-state index in [0.29, 0.717) is 0 Å². The van der Waals surface area contributed by atoms with Crippen molar-refractivity contribution in [3.8, 4) is 22.6 Å². The molecule has 0 radical (unpaired) electrons. The Balaban J connectivity index is 1.36. The second kappa shape index (κ2) is 8.29. The number of hydrogen-bond acceptors (Lipinski definition) is 4. The highest BCUT2D eigenvalue weighted by Crippen LogP contribution is 2.51. The Kier molecular flexibility index (Phi) is 4.80. The van der Waals surface area contributed by atoms with Crippen molar-refractivity contribution in [1.82, 2.24) is 9.97 Å². The normalized spacial score (nSPS) is 14.0. The summed E-state index contributed by atoms with van der Waals surface area (Å²) in [5.41, 5.74) is 8.25. The molecule has 0 saturated carbocycles. The summed E-state index contributed by atoms with van der Waals surface area (Å²) in [6.07, 6.45) is 0. The van der Waals surface area contributed by atoms with Gasteiger partial charge in [0, 0.05) is 42.5 Å². The van der Waals surface area contributed by atoms with Gasteiger partial charge in [0.15, 0.2) is 5.82 Å². The molecule has 0 fully saturated rings. The minimum Gasteiger partial charge on any atom is -0.456 e.